The van der Waals surface area contributed by atoms with Crippen LogP contribution in [0.2, 0.25) is 0 Å². The highest BCUT2D eigenvalue weighted by Gasteiger charge is 2.56. The van der Waals surface area contributed by atoms with E-state index in [1.54, 1.807) is 0 Å². The molecule has 0 saturated carbocycles. The largest absolute Gasteiger partial charge is 0.333 e. The van der Waals surface area contributed by atoms with Gasteiger partial charge in [-0.05, 0) is 113 Å². The lowest BCUT2D eigenvalue weighted by Gasteiger charge is -2.18. The second kappa shape index (κ2) is 17.4. The number of rotatable bonds is 9. The van der Waals surface area contributed by atoms with Crippen LogP contribution in [0.5, 0.6) is 0 Å². The molecule has 8 aromatic rings. The van der Waals surface area contributed by atoms with Crippen LogP contribution in [0.3, 0.4) is 0 Å². The fourth-order valence-electron chi connectivity index (χ4n) is 8.18. The third kappa shape index (κ3) is 7.39. The number of benzene rings is 7. The topological polar surface area (TPSA) is 64.9 Å². The maximum Gasteiger partial charge on any atom is 0.130 e. The van der Waals surface area contributed by atoms with Gasteiger partial charge in [0.15, 0.2) is 0 Å². The summed E-state index contributed by atoms with van der Waals surface area (Å²) in [6, 6.07) is 66.5. The number of terminal acetylenes is 1. The van der Waals surface area contributed by atoms with Crippen molar-refractivity contribution in [1.82, 2.24) is 15.2 Å². The number of fused-ring (bicyclic) bond motifs is 3. The van der Waals surface area contributed by atoms with Crippen molar-refractivity contribution >= 4 is 21.8 Å². The van der Waals surface area contributed by atoms with Gasteiger partial charge in [-0.25, -0.2) is 0 Å². The van der Waals surface area contributed by atoms with E-state index in [-0.39, 0.29) is 17.7 Å². The van der Waals surface area contributed by atoms with E-state index < -0.39 is 0 Å². The summed E-state index contributed by atoms with van der Waals surface area (Å²) in [6.07, 6.45) is 9.80. The van der Waals surface area contributed by atoms with E-state index in [0.29, 0.717) is 0 Å². The van der Waals surface area contributed by atoms with E-state index in [1.165, 1.54) is 67.9 Å². The monoisotopic (exact) mass is 742 g/mol. The molecule has 2 unspecified atom stereocenters. The van der Waals surface area contributed by atoms with Crippen LogP contribution in [0, 0.1) is 12.5 Å². The van der Waals surface area contributed by atoms with E-state index in [1.807, 2.05) is 26.8 Å². The minimum atomic E-state index is -0.313. The molecule has 0 radical (unpaired) electrons. The Labute approximate surface area is 337 Å². The van der Waals surface area contributed by atoms with Gasteiger partial charge in [-0.15, -0.1) is 0 Å². The molecule has 282 valence electrons. The number of hydrogen-bond acceptors (Lipinski definition) is 3. The predicted octanol–water partition coefficient (Wildman–Crippen LogP) is 12.2. The first kappa shape index (κ1) is 38.6. The Bertz CT molecular complexity index is 2600. The summed E-state index contributed by atoms with van der Waals surface area (Å²) < 4.78 is 2.32. The lowest BCUT2D eigenvalue weighted by molar-refractivity contribution is 0.595. The molecule has 4 N–H and O–H groups in total. The molecule has 1 fully saturated rings. The summed E-state index contributed by atoms with van der Waals surface area (Å²) in [5.41, 5.74) is 17.3. The van der Waals surface area contributed by atoms with Crippen LogP contribution >= 0.6 is 0 Å². The molecule has 0 amide bonds. The van der Waals surface area contributed by atoms with Crippen LogP contribution in [0.4, 0.5) is 0 Å². The summed E-state index contributed by atoms with van der Waals surface area (Å²) in [7, 11) is 1.50. The van der Waals surface area contributed by atoms with Gasteiger partial charge in [-0.3, -0.25) is 5.32 Å². The summed E-state index contributed by atoms with van der Waals surface area (Å²) in [6.45, 7) is 6.03. The van der Waals surface area contributed by atoms with Crippen molar-refractivity contribution in [3.05, 3.63) is 205 Å². The summed E-state index contributed by atoms with van der Waals surface area (Å²) in [5, 5.41) is 9.59. The third-order valence-electron chi connectivity index (χ3n) is 10.7. The molecular formula is C53H50N4. The quantitative estimate of drug-likeness (QED) is 0.0597. The molecule has 1 aliphatic heterocycles. The zero-order chi connectivity index (χ0) is 39.8. The van der Waals surface area contributed by atoms with E-state index in [2.05, 4.69) is 209 Å². The smallest absolute Gasteiger partial charge is 0.130 e. The number of nitrogens with zero attached hydrogens (tertiary/aromatic N) is 1. The van der Waals surface area contributed by atoms with Gasteiger partial charge in [0.05, 0.1) is 22.6 Å². The molecule has 1 aromatic heterocycles. The minimum Gasteiger partial charge on any atom is -0.333 e. The summed E-state index contributed by atoms with van der Waals surface area (Å²) in [4.78, 5) is 0. The van der Waals surface area contributed by atoms with Crippen molar-refractivity contribution in [3.63, 3.8) is 0 Å². The first-order valence-corrected chi connectivity index (χ1v) is 19.8. The lowest BCUT2D eigenvalue weighted by atomic mass is 9.84. The number of allylic oxidation sites excluding steroid dienone is 1. The molecule has 1 aliphatic rings. The van der Waals surface area contributed by atoms with Crippen molar-refractivity contribution in [2.75, 3.05) is 7.05 Å². The van der Waals surface area contributed by atoms with Gasteiger partial charge < -0.3 is 15.6 Å². The normalized spacial score (nSPS) is 14.5. The van der Waals surface area contributed by atoms with Crippen LogP contribution in [0.25, 0.3) is 55.2 Å². The van der Waals surface area contributed by atoms with E-state index in [0.717, 1.165) is 11.0 Å². The molecule has 4 heteroatoms. The summed E-state index contributed by atoms with van der Waals surface area (Å²) >= 11 is 0. The molecule has 1 saturated heterocycles. The van der Waals surface area contributed by atoms with Gasteiger partial charge in [0.1, 0.15) is 6.17 Å². The Balaban J connectivity index is 0.00000120. The molecule has 0 aliphatic carbocycles. The van der Waals surface area contributed by atoms with Crippen molar-refractivity contribution in [2.45, 2.75) is 38.5 Å². The molecule has 57 heavy (non-hydrogen) atoms. The lowest BCUT2D eigenvalue weighted by Crippen LogP contribution is -2.20. The maximum atomic E-state index is 5.84. The van der Waals surface area contributed by atoms with Crippen molar-refractivity contribution in [1.29, 1.82) is 0 Å². The SMILES string of the molecule is C#CNC(/C=C\C)n1c2ccc(-c3ccccc3)cc2c2cc(-c3cc(-c4ccccc4)cc(C4NC4(c4ccccc4)c4ccccc4)c3)ccc21.CC.CN. The molecule has 4 nitrogen and oxygen atoms in total. The Morgan fingerprint density at radius 1 is 0.596 bits per heavy atom. The first-order valence-electron chi connectivity index (χ1n) is 19.8. The fourth-order valence-corrected chi connectivity index (χ4v) is 8.18. The molecular weight excluding hydrogens is 693 g/mol. The highest BCUT2D eigenvalue weighted by atomic mass is 15.2. The molecule has 0 spiro atoms. The van der Waals surface area contributed by atoms with Gasteiger partial charge >= 0.3 is 0 Å². The fraction of sp³-hybridized carbons (Fsp3) is 0.132. The van der Waals surface area contributed by atoms with Crippen LogP contribution < -0.4 is 16.4 Å². The average molecular weight is 743 g/mol. The van der Waals surface area contributed by atoms with Gasteiger partial charge in [0.2, 0.25) is 0 Å². The van der Waals surface area contributed by atoms with Gasteiger partial charge in [0.25, 0.3) is 0 Å². The zero-order valence-electron chi connectivity index (χ0n) is 33.2. The predicted molar refractivity (Wildman–Crippen MR) is 243 cm³/mol. The van der Waals surface area contributed by atoms with E-state index in [9.17, 15) is 0 Å². The van der Waals surface area contributed by atoms with E-state index >= 15 is 0 Å². The second-order valence-corrected chi connectivity index (χ2v) is 13.8. The van der Waals surface area contributed by atoms with Gasteiger partial charge in [0, 0.05) is 16.8 Å². The highest BCUT2D eigenvalue weighted by Crippen LogP contribution is 2.54. The van der Waals surface area contributed by atoms with Crippen LogP contribution in [-0.4, -0.2) is 11.6 Å². The maximum absolute atomic E-state index is 5.84. The van der Waals surface area contributed by atoms with Gasteiger partial charge in [-0.1, -0.05) is 160 Å². The molecule has 9 rings (SSSR count). The van der Waals surface area contributed by atoms with Crippen molar-refractivity contribution in [3.8, 4) is 45.8 Å². The Morgan fingerprint density at radius 3 is 1.51 bits per heavy atom. The second-order valence-electron chi connectivity index (χ2n) is 13.8. The number of nitrogens with two attached hydrogens (primary N) is 1. The molecule has 2 heterocycles. The molecule has 2 atom stereocenters. The van der Waals surface area contributed by atoms with Crippen LogP contribution in [-0.2, 0) is 5.54 Å². The van der Waals surface area contributed by atoms with Crippen molar-refractivity contribution in [2.24, 2.45) is 5.73 Å². The summed E-state index contributed by atoms with van der Waals surface area (Å²) in [5.74, 6) is 0. The molecule has 7 aromatic carbocycles. The molecule has 0 bridgehead atoms. The Kier molecular flexibility index (Phi) is 11.8. The Morgan fingerprint density at radius 2 is 1.04 bits per heavy atom. The van der Waals surface area contributed by atoms with Crippen molar-refractivity contribution < 1.29 is 0 Å². The number of aromatic nitrogens is 1. The average Bonchev–Trinajstić information content (AvgIpc) is 3.99. The number of nitrogens with one attached hydrogen (secondary N) is 2. The first-order chi connectivity index (χ1) is 28.2. The van der Waals surface area contributed by atoms with Gasteiger partial charge in [-0.2, -0.15) is 0 Å². The minimum absolute atomic E-state index is 0.102. The third-order valence-corrected chi connectivity index (χ3v) is 10.7. The van der Waals surface area contributed by atoms with E-state index in [4.69, 9.17) is 6.42 Å². The standard InChI is InChI=1S/C50H39N3.C2H6.CH5N/c1-3-17-48(51-4-2)53-46-28-26-37(35-18-9-5-10-19-35)33-44(46)45-34-38(27-29-47(45)53)40-30-39(36-20-11-6-12-21-36)31-41(32-40)49-50(52-49,42-22-13-7-14-23-42)43-24-15-8-16-25-43;2*1-2/h2-3,5-34,48-49,51-52H,1H3;1-2H3;2H2,1H3/b17-3-;;. The zero-order valence-corrected chi connectivity index (χ0v) is 33.2. The number of hydrogen-bond donors (Lipinski definition) is 3. The van der Waals surface area contributed by atoms with Crippen LogP contribution in [0.1, 0.15) is 49.7 Å². The van der Waals surface area contributed by atoms with Crippen LogP contribution in [0.15, 0.2) is 188 Å². The highest BCUT2D eigenvalue weighted by molar-refractivity contribution is 6.10. The Hall–Kier alpha value is -6.64.